The molecule has 34 valence electrons. The van der Waals surface area contributed by atoms with Gasteiger partial charge in [0.1, 0.15) is 0 Å². The molecule has 0 spiro atoms. The molecule has 0 saturated carbocycles. The van der Waals surface area contributed by atoms with Crippen molar-refractivity contribution in [3.05, 3.63) is 8.55 Å². The first-order chi connectivity index (χ1) is 2.89. The molecule has 0 aromatic heterocycles. The van der Waals surface area contributed by atoms with E-state index in [9.17, 15) is 0 Å². The Hall–Kier alpha value is 0.989. The molecule has 0 saturated heterocycles. The van der Waals surface area contributed by atoms with E-state index in [0.29, 0.717) is 0 Å². The van der Waals surface area contributed by atoms with Crippen LogP contribution in [0, 0.1) is 0 Å². The number of halogens is 1. The van der Waals surface area contributed by atoms with Gasteiger partial charge in [-0.15, -0.1) is 0 Å². The molecule has 0 aliphatic carbocycles. The molecule has 1 rings (SSSR count). The molecule has 0 nitrogen and oxygen atoms in total. The Kier molecular flexibility index (Phi) is 2.00. The van der Waals surface area contributed by atoms with E-state index in [1.165, 1.54) is 11.7 Å². The van der Waals surface area contributed by atoms with E-state index in [-0.39, 0.29) is 0 Å². The third-order valence-corrected chi connectivity index (χ3v) is 4.34. The van der Waals surface area contributed by atoms with Gasteiger partial charge in [-0.2, -0.15) is 0 Å². The van der Waals surface area contributed by atoms with Gasteiger partial charge in [0.05, 0.1) is 0 Å². The average molecular weight is 259 g/mol. The summed E-state index contributed by atoms with van der Waals surface area (Å²) < 4.78 is 1.58. The van der Waals surface area contributed by atoms with Crippen LogP contribution in [0.2, 0.25) is 5.32 Å². The number of hydrogen-bond donors (Lipinski definition) is 0. The van der Waals surface area contributed by atoms with Gasteiger partial charge in [0, 0.05) is 0 Å². The van der Waals surface area contributed by atoms with Crippen LogP contribution in [0.4, 0.5) is 0 Å². The Labute approximate surface area is 57.7 Å². The van der Waals surface area contributed by atoms with Crippen molar-refractivity contribution in [2.45, 2.75) is 11.7 Å². The van der Waals surface area contributed by atoms with E-state index in [0.717, 1.165) is 15.0 Å². The van der Waals surface area contributed by atoms with Crippen molar-refractivity contribution in [1.82, 2.24) is 0 Å². The van der Waals surface area contributed by atoms with Gasteiger partial charge in [0.15, 0.2) is 0 Å². The fourth-order valence-electron chi connectivity index (χ4n) is 0.365. The summed E-state index contributed by atoms with van der Waals surface area (Å²) in [4.78, 5) is 2.37. The summed E-state index contributed by atoms with van der Waals surface area (Å²) in [6.45, 7) is 0. The predicted molar refractivity (Wildman–Crippen MR) is 37.3 cm³/mol. The minimum atomic E-state index is 0.872. The number of hydrogen-bond acceptors (Lipinski definition) is 0. The van der Waals surface area contributed by atoms with Gasteiger partial charge in [0.25, 0.3) is 0 Å². The molecule has 0 aromatic carbocycles. The molecule has 0 unspecified atom stereocenters. The molecule has 1 heterocycles. The Morgan fingerprint density at radius 2 is 2.67 bits per heavy atom. The Morgan fingerprint density at radius 1 is 1.83 bits per heavy atom. The van der Waals surface area contributed by atoms with E-state index in [1.807, 2.05) is 0 Å². The number of rotatable bonds is 0. The molecule has 1 aliphatic rings. The monoisotopic (exact) mass is 260 g/mol. The van der Waals surface area contributed by atoms with Crippen LogP contribution in [0.25, 0.3) is 0 Å². The van der Waals surface area contributed by atoms with Crippen molar-refractivity contribution in [3.8, 4) is 0 Å². The summed E-state index contributed by atoms with van der Waals surface area (Å²) in [6, 6.07) is 0. The zero-order valence-corrected chi connectivity index (χ0v) is 7.15. The summed E-state index contributed by atoms with van der Waals surface area (Å²) in [7, 11) is 0. The first kappa shape index (κ1) is 5.13. The molecule has 0 amide bonds. The third kappa shape index (κ3) is 1.24. The van der Waals surface area contributed by atoms with Crippen molar-refractivity contribution in [1.29, 1.82) is 0 Å². The average Bonchev–Trinajstić information content (AvgIpc) is 1.86. The first-order valence-electron chi connectivity index (χ1n) is 1.86. The van der Waals surface area contributed by atoms with E-state index in [1.54, 1.807) is 3.58 Å². The molecule has 6 heavy (non-hydrogen) atoms. The standard InChI is InChI=1S/C4H5ISe/c5-4-1-2-6-3-4/h3H,1-2H2. The van der Waals surface area contributed by atoms with Crippen LogP contribution in [0.5, 0.6) is 0 Å². The van der Waals surface area contributed by atoms with Gasteiger partial charge in [-0.1, -0.05) is 0 Å². The Morgan fingerprint density at radius 3 is 2.83 bits per heavy atom. The van der Waals surface area contributed by atoms with Crippen molar-refractivity contribution in [3.63, 3.8) is 0 Å². The second-order valence-corrected chi connectivity index (χ2v) is 4.62. The van der Waals surface area contributed by atoms with Gasteiger partial charge >= 0.3 is 57.8 Å². The van der Waals surface area contributed by atoms with E-state index in [4.69, 9.17) is 0 Å². The van der Waals surface area contributed by atoms with E-state index >= 15 is 0 Å². The maximum absolute atomic E-state index is 2.41. The van der Waals surface area contributed by atoms with Crippen LogP contribution in [0.1, 0.15) is 6.42 Å². The second kappa shape index (κ2) is 2.34. The van der Waals surface area contributed by atoms with Gasteiger partial charge in [0.2, 0.25) is 0 Å². The second-order valence-electron chi connectivity index (χ2n) is 1.19. The van der Waals surface area contributed by atoms with E-state index < -0.39 is 0 Å². The molecule has 2 heteroatoms. The number of allylic oxidation sites excluding steroid dienone is 1. The summed E-state index contributed by atoms with van der Waals surface area (Å²) in [5.41, 5.74) is 0. The van der Waals surface area contributed by atoms with Crippen LogP contribution >= 0.6 is 22.6 Å². The summed E-state index contributed by atoms with van der Waals surface area (Å²) in [6.07, 6.45) is 1.36. The molecular formula is C4H5ISe. The van der Waals surface area contributed by atoms with Crippen LogP contribution < -0.4 is 0 Å². The summed E-state index contributed by atoms with van der Waals surface area (Å²) in [5, 5.41) is 1.45. The summed E-state index contributed by atoms with van der Waals surface area (Å²) >= 11 is 3.28. The Balaban J connectivity index is 2.45. The predicted octanol–water partition coefficient (Wildman–Crippen LogP) is 1.79. The quantitative estimate of drug-likeness (QED) is 0.459. The zero-order valence-electron chi connectivity index (χ0n) is 3.28. The first-order valence-corrected chi connectivity index (χ1v) is 5.13. The van der Waals surface area contributed by atoms with Crippen molar-refractivity contribution in [2.24, 2.45) is 0 Å². The normalized spacial score (nSPS) is 21.2. The minimum absolute atomic E-state index is 0.872. The molecule has 1 aliphatic heterocycles. The van der Waals surface area contributed by atoms with Crippen molar-refractivity contribution in [2.75, 3.05) is 0 Å². The van der Waals surface area contributed by atoms with Crippen LogP contribution in [0.3, 0.4) is 0 Å². The van der Waals surface area contributed by atoms with Gasteiger partial charge < -0.3 is 0 Å². The maximum atomic E-state index is 2.41. The molecule has 0 bridgehead atoms. The SMILES string of the molecule is IC1=C[Se]CC1. The Bertz CT molecular complexity index is 77.6. The van der Waals surface area contributed by atoms with Crippen molar-refractivity contribution < 1.29 is 0 Å². The topological polar surface area (TPSA) is 0 Å². The molecule has 0 radical (unpaired) electrons. The van der Waals surface area contributed by atoms with Crippen LogP contribution in [0.15, 0.2) is 8.55 Å². The van der Waals surface area contributed by atoms with Gasteiger partial charge in [-0.05, 0) is 0 Å². The van der Waals surface area contributed by atoms with Crippen molar-refractivity contribution >= 4 is 37.5 Å². The molecule has 0 fully saturated rings. The fraction of sp³-hybridized carbons (Fsp3) is 0.500. The zero-order chi connectivity index (χ0) is 4.41. The molecule has 0 N–H and O–H groups in total. The van der Waals surface area contributed by atoms with Crippen LogP contribution in [-0.2, 0) is 0 Å². The van der Waals surface area contributed by atoms with Gasteiger partial charge in [-0.3, -0.25) is 0 Å². The molecular weight excluding hydrogens is 254 g/mol. The third-order valence-electron chi connectivity index (χ3n) is 0.670. The van der Waals surface area contributed by atoms with Gasteiger partial charge in [-0.25, -0.2) is 0 Å². The molecule has 0 aromatic rings. The fourth-order valence-corrected chi connectivity index (χ4v) is 3.97. The summed E-state index contributed by atoms with van der Waals surface area (Å²) in [5.74, 6) is 0. The molecule has 0 atom stereocenters. The van der Waals surface area contributed by atoms with E-state index in [2.05, 4.69) is 27.6 Å². The van der Waals surface area contributed by atoms with Crippen LogP contribution in [-0.4, -0.2) is 15.0 Å².